The zero-order valence-corrected chi connectivity index (χ0v) is 7.45. The van der Waals surface area contributed by atoms with E-state index in [2.05, 4.69) is 6.08 Å². The zero-order valence-electron chi connectivity index (χ0n) is 6.70. The fraction of sp³-hybridized carbons (Fsp3) is 0.200. The van der Waals surface area contributed by atoms with Crippen LogP contribution in [0.4, 0.5) is 4.39 Å². The minimum Gasteiger partial charge on any atom is -0.207 e. The summed E-state index contributed by atoms with van der Waals surface area (Å²) in [6.45, 7) is 1.97. The SMILES string of the molecule is CC1=CCc2c(Cl)cc(F)cc21. The maximum atomic E-state index is 12.9. The van der Waals surface area contributed by atoms with E-state index >= 15 is 0 Å². The first-order chi connectivity index (χ1) is 5.68. The van der Waals surface area contributed by atoms with Crippen LogP contribution in [-0.2, 0) is 6.42 Å². The van der Waals surface area contributed by atoms with Gasteiger partial charge in [0.15, 0.2) is 0 Å². The van der Waals surface area contributed by atoms with E-state index in [0.29, 0.717) is 5.02 Å². The molecule has 0 spiro atoms. The summed E-state index contributed by atoms with van der Waals surface area (Å²) in [6.07, 6.45) is 2.90. The van der Waals surface area contributed by atoms with Crippen LogP contribution in [0.1, 0.15) is 18.1 Å². The van der Waals surface area contributed by atoms with Crippen LogP contribution in [0.2, 0.25) is 5.02 Å². The highest BCUT2D eigenvalue weighted by Crippen LogP contribution is 2.32. The molecule has 0 nitrogen and oxygen atoms in total. The maximum Gasteiger partial charge on any atom is 0.125 e. The van der Waals surface area contributed by atoms with E-state index in [4.69, 9.17) is 11.6 Å². The number of hydrogen-bond donors (Lipinski definition) is 0. The molecule has 0 atom stereocenters. The predicted octanol–water partition coefficient (Wildman–Crippen LogP) is 3.44. The molecule has 0 aromatic heterocycles. The Bertz CT molecular complexity index is 366. The van der Waals surface area contributed by atoms with Crippen molar-refractivity contribution in [3.05, 3.63) is 40.2 Å². The lowest BCUT2D eigenvalue weighted by Gasteiger charge is -2.03. The monoisotopic (exact) mass is 182 g/mol. The molecule has 0 bridgehead atoms. The zero-order chi connectivity index (χ0) is 8.72. The van der Waals surface area contributed by atoms with E-state index < -0.39 is 0 Å². The van der Waals surface area contributed by atoms with Crippen LogP contribution in [-0.4, -0.2) is 0 Å². The second kappa shape index (κ2) is 2.60. The quantitative estimate of drug-likeness (QED) is 0.577. The minimum absolute atomic E-state index is 0.256. The third kappa shape index (κ3) is 1.05. The Balaban J connectivity index is 2.67. The molecule has 0 radical (unpaired) electrons. The molecule has 0 saturated carbocycles. The first-order valence-corrected chi connectivity index (χ1v) is 4.21. The van der Waals surface area contributed by atoms with Crippen molar-refractivity contribution < 1.29 is 4.39 Å². The Hall–Kier alpha value is -0.820. The average molecular weight is 183 g/mol. The first kappa shape index (κ1) is 7.81. The summed E-state index contributed by atoms with van der Waals surface area (Å²) in [4.78, 5) is 0. The third-order valence-electron chi connectivity index (χ3n) is 2.20. The summed E-state index contributed by atoms with van der Waals surface area (Å²) in [5, 5.41) is 0.540. The van der Waals surface area contributed by atoms with Crippen LogP contribution in [0.3, 0.4) is 0 Å². The molecular weight excluding hydrogens is 175 g/mol. The van der Waals surface area contributed by atoms with Gasteiger partial charge in [0.1, 0.15) is 5.82 Å². The van der Waals surface area contributed by atoms with Crippen LogP contribution < -0.4 is 0 Å². The Morgan fingerprint density at radius 1 is 1.42 bits per heavy atom. The molecule has 2 rings (SSSR count). The molecule has 2 heteroatoms. The van der Waals surface area contributed by atoms with E-state index in [0.717, 1.165) is 23.1 Å². The van der Waals surface area contributed by atoms with Gasteiger partial charge in [-0.25, -0.2) is 4.39 Å². The fourth-order valence-corrected chi connectivity index (χ4v) is 1.81. The van der Waals surface area contributed by atoms with Gasteiger partial charge in [-0.1, -0.05) is 17.7 Å². The van der Waals surface area contributed by atoms with Crippen LogP contribution in [0.25, 0.3) is 5.57 Å². The van der Waals surface area contributed by atoms with E-state index in [-0.39, 0.29) is 5.82 Å². The third-order valence-corrected chi connectivity index (χ3v) is 2.53. The van der Waals surface area contributed by atoms with Gasteiger partial charge in [-0.2, -0.15) is 0 Å². The molecule has 62 valence electrons. The summed E-state index contributed by atoms with van der Waals surface area (Å²) in [7, 11) is 0. The van der Waals surface area contributed by atoms with Gasteiger partial charge >= 0.3 is 0 Å². The molecule has 1 aliphatic rings. The number of fused-ring (bicyclic) bond motifs is 1. The molecule has 0 amide bonds. The highest BCUT2D eigenvalue weighted by atomic mass is 35.5. The van der Waals surface area contributed by atoms with Gasteiger partial charge in [-0.05, 0) is 42.2 Å². The number of rotatable bonds is 0. The van der Waals surface area contributed by atoms with Crippen molar-refractivity contribution in [2.45, 2.75) is 13.3 Å². The maximum absolute atomic E-state index is 12.9. The summed E-state index contributed by atoms with van der Waals surface area (Å²) in [6, 6.07) is 2.91. The molecule has 0 aliphatic heterocycles. The van der Waals surface area contributed by atoms with Gasteiger partial charge in [0, 0.05) is 5.02 Å². The van der Waals surface area contributed by atoms with Gasteiger partial charge in [0.25, 0.3) is 0 Å². The molecule has 1 aromatic carbocycles. The lowest BCUT2D eigenvalue weighted by Crippen LogP contribution is -1.87. The topological polar surface area (TPSA) is 0 Å². The van der Waals surface area contributed by atoms with Gasteiger partial charge in [-0.15, -0.1) is 0 Å². The second-order valence-electron chi connectivity index (χ2n) is 3.00. The summed E-state index contributed by atoms with van der Waals surface area (Å²) in [5.41, 5.74) is 3.13. The predicted molar refractivity (Wildman–Crippen MR) is 48.8 cm³/mol. The normalized spacial score (nSPS) is 14.4. The molecule has 0 unspecified atom stereocenters. The summed E-state index contributed by atoms with van der Waals surface area (Å²) in [5.74, 6) is -0.256. The fourth-order valence-electron chi connectivity index (χ4n) is 1.53. The molecule has 12 heavy (non-hydrogen) atoms. The molecule has 0 saturated heterocycles. The van der Waals surface area contributed by atoms with E-state index in [1.807, 2.05) is 6.92 Å². The van der Waals surface area contributed by atoms with Gasteiger partial charge in [-0.3, -0.25) is 0 Å². The van der Waals surface area contributed by atoms with Crippen molar-refractivity contribution in [1.29, 1.82) is 0 Å². The Labute approximate surface area is 75.7 Å². The highest BCUT2D eigenvalue weighted by molar-refractivity contribution is 6.31. The largest absolute Gasteiger partial charge is 0.207 e. The molecule has 0 fully saturated rings. The average Bonchev–Trinajstić information content (AvgIpc) is 2.33. The lowest BCUT2D eigenvalue weighted by molar-refractivity contribution is 0.627. The number of halogens is 2. The van der Waals surface area contributed by atoms with Crippen LogP contribution in [0.5, 0.6) is 0 Å². The van der Waals surface area contributed by atoms with Crippen molar-refractivity contribution in [2.24, 2.45) is 0 Å². The van der Waals surface area contributed by atoms with Crippen molar-refractivity contribution >= 4 is 17.2 Å². The number of benzene rings is 1. The van der Waals surface area contributed by atoms with Crippen LogP contribution in [0, 0.1) is 5.82 Å². The minimum atomic E-state index is -0.256. The molecule has 0 heterocycles. The van der Waals surface area contributed by atoms with E-state index in [1.54, 1.807) is 6.07 Å². The van der Waals surface area contributed by atoms with Crippen molar-refractivity contribution in [3.8, 4) is 0 Å². The molecule has 0 N–H and O–H groups in total. The molecule has 1 aliphatic carbocycles. The number of allylic oxidation sites excluding steroid dienone is 2. The lowest BCUT2D eigenvalue weighted by atomic mass is 10.1. The Morgan fingerprint density at radius 2 is 2.17 bits per heavy atom. The Morgan fingerprint density at radius 3 is 2.92 bits per heavy atom. The van der Waals surface area contributed by atoms with Crippen molar-refractivity contribution in [2.75, 3.05) is 0 Å². The Kier molecular flexibility index (Phi) is 1.69. The van der Waals surface area contributed by atoms with Crippen LogP contribution in [0.15, 0.2) is 18.2 Å². The highest BCUT2D eigenvalue weighted by Gasteiger charge is 2.14. The second-order valence-corrected chi connectivity index (χ2v) is 3.41. The first-order valence-electron chi connectivity index (χ1n) is 3.83. The van der Waals surface area contributed by atoms with Gasteiger partial charge in [0.2, 0.25) is 0 Å². The van der Waals surface area contributed by atoms with Crippen LogP contribution >= 0.6 is 11.6 Å². The van der Waals surface area contributed by atoms with Crippen molar-refractivity contribution in [3.63, 3.8) is 0 Å². The summed E-state index contributed by atoms with van der Waals surface area (Å²) >= 11 is 5.87. The van der Waals surface area contributed by atoms with Gasteiger partial charge < -0.3 is 0 Å². The molecular formula is C10H8ClF. The van der Waals surface area contributed by atoms with Gasteiger partial charge in [0.05, 0.1) is 0 Å². The van der Waals surface area contributed by atoms with E-state index in [1.165, 1.54) is 6.07 Å². The molecule has 1 aromatic rings. The number of hydrogen-bond acceptors (Lipinski definition) is 0. The van der Waals surface area contributed by atoms with Crippen molar-refractivity contribution in [1.82, 2.24) is 0 Å². The summed E-state index contributed by atoms with van der Waals surface area (Å²) < 4.78 is 12.9. The van der Waals surface area contributed by atoms with E-state index in [9.17, 15) is 4.39 Å². The smallest absolute Gasteiger partial charge is 0.125 e. The standard InChI is InChI=1S/C10H8ClF/c1-6-2-3-8-9(6)4-7(12)5-10(8)11/h2,4-5H,3H2,1H3.